The number of carbonyl (C=O) groups excluding carboxylic acids is 2. The van der Waals surface area contributed by atoms with Crippen LogP contribution in [0.25, 0.3) is 0 Å². The molecule has 6 heteroatoms. The molecule has 1 aromatic rings. The number of rotatable bonds is 11. The number of methoxy groups -OCH3 is 2. The molecule has 2 aliphatic carbocycles. The molecule has 1 aromatic carbocycles. The van der Waals surface area contributed by atoms with Crippen LogP contribution in [0, 0.1) is 11.8 Å². The van der Waals surface area contributed by atoms with E-state index in [-0.39, 0.29) is 29.4 Å². The molecule has 1 amide bonds. The summed E-state index contributed by atoms with van der Waals surface area (Å²) in [7, 11) is 3.27. The van der Waals surface area contributed by atoms with Gasteiger partial charge in [-0.3, -0.25) is 9.59 Å². The third-order valence-electron chi connectivity index (χ3n) is 8.62. The first kappa shape index (κ1) is 26.7. The molecule has 34 heavy (non-hydrogen) atoms. The van der Waals surface area contributed by atoms with Crippen LogP contribution in [-0.2, 0) is 26.1 Å². The number of primary amides is 1. The van der Waals surface area contributed by atoms with Crippen molar-refractivity contribution in [2.45, 2.75) is 95.6 Å². The first-order chi connectivity index (χ1) is 16.4. The van der Waals surface area contributed by atoms with E-state index in [1.54, 1.807) is 7.11 Å². The Morgan fingerprint density at radius 3 is 2.44 bits per heavy atom. The van der Waals surface area contributed by atoms with Gasteiger partial charge in [-0.05, 0) is 61.4 Å². The summed E-state index contributed by atoms with van der Waals surface area (Å²) in [6, 6.07) is 5.93. The summed E-state index contributed by atoms with van der Waals surface area (Å²) in [6.45, 7) is 5.14. The predicted molar refractivity (Wildman–Crippen MR) is 135 cm³/mol. The maximum absolute atomic E-state index is 12.6. The van der Waals surface area contributed by atoms with Gasteiger partial charge in [0.25, 0.3) is 0 Å². The summed E-state index contributed by atoms with van der Waals surface area (Å²) in [4.78, 5) is 24.5. The van der Waals surface area contributed by atoms with Gasteiger partial charge in [0, 0.05) is 30.6 Å². The number of benzene rings is 1. The fourth-order valence-electron chi connectivity index (χ4n) is 6.58. The summed E-state index contributed by atoms with van der Waals surface area (Å²) >= 11 is 0. The van der Waals surface area contributed by atoms with E-state index in [0.29, 0.717) is 11.5 Å². The van der Waals surface area contributed by atoms with Crippen LogP contribution in [0.4, 0.5) is 0 Å². The number of hydrogen-bond donors (Lipinski definition) is 2. The highest BCUT2D eigenvalue weighted by molar-refractivity contribution is 5.93. The lowest BCUT2D eigenvalue weighted by atomic mass is 9.62. The van der Waals surface area contributed by atoms with Crippen LogP contribution in [-0.4, -0.2) is 44.8 Å². The Kier molecular flexibility index (Phi) is 9.55. The van der Waals surface area contributed by atoms with Gasteiger partial charge in [-0.2, -0.15) is 0 Å². The minimum atomic E-state index is -0.397. The third kappa shape index (κ3) is 5.65. The van der Waals surface area contributed by atoms with Gasteiger partial charge in [0.15, 0.2) is 0 Å². The monoisotopic (exact) mass is 472 g/mol. The van der Waals surface area contributed by atoms with E-state index in [1.807, 2.05) is 18.2 Å². The zero-order valence-electron chi connectivity index (χ0n) is 21.5. The van der Waals surface area contributed by atoms with Crippen LogP contribution in [0.5, 0.6) is 0 Å². The Morgan fingerprint density at radius 1 is 1.15 bits per heavy atom. The van der Waals surface area contributed by atoms with Crippen LogP contribution in [0.2, 0.25) is 0 Å². The number of amides is 1. The normalized spacial score (nSPS) is 23.2. The number of nitrogens with two attached hydrogens (primary N) is 1. The number of fused-ring (bicyclic) bond motifs is 1. The van der Waals surface area contributed by atoms with Crippen molar-refractivity contribution in [3.05, 3.63) is 34.9 Å². The van der Waals surface area contributed by atoms with E-state index in [1.165, 1.54) is 50.3 Å². The molecule has 0 bridgehead atoms. The molecule has 0 spiro atoms. The van der Waals surface area contributed by atoms with E-state index in [9.17, 15) is 9.59 Å². The van der Waals surface area contributed by atoms with Crippen molar-refractivity contribution in [2.75, 3.05) is 20.8 Å². The van der Waals surface area contributed by atoms with Crippen molar-refractivity contribution in [1.82, 2.24) is 5.32 Å². The Hall–Kier alpha value is -1.92. The summed E-state index contributed by atoms with van der Waals surface area (Å²) < 4.78 is 11.2. The van der Waals surface area contributed by atoms with Crippen LogP contribution in [0.3, 0.4) is 0 Å². The summed E-state index contributed by atoms with van der Waals surface area (Å²) in [5, 5.41) is 3.80. The highest BCUT2D eigenvalue weighted by Gasteiger charge is 2.46. The Balaban J connectivity index is 1.79. The number of carbonyl (C=O) groups is 2. The molecule has 6 nitrogen and oxygen atoms in total. The Labute approximate surface area is 205 Å². The van der Waals surface area contributed by atoms with Gasteiger partial charge in [0.2, 0.25) is 5.91 Å². The largest absolute Gasteiger partial charge is 0.469 e. The van der Waals surface area contributed by atoms with Gasteiger partial charge >= 0.3 is 5.97 Å². The highest BCUT2D eigenvalue weighted by Crippen LogP contribution is 2.44. The Bertz CT molecular complexity index is 830. The molecule has 3 N–H and O–H groups in total. The number of nitrogens with one attached hydrogen (secondary N) is 1. The van der Waals surface area contributed by atoms with E-state index in [4.69, 9.17) is 15.2 Å². The molecule has 190 valence electrons. The average Bonchev–Trinajstić information content (AvgIpc) is 2.87. The lowest BCUT2D eigenvalue weighted by Gasteiger charge is -2.49. The lowest BCUT2D eigenvalue weighted by Crippen LogP contribution is -2.59. The molecule has 0 unspecified atom stereocenters. The van der Waals surface area contributed by atoms with Gasteiger partial charge in [-0.15, -0.1) is 0 Å². The molecule has 2 aliphatic rings. The number of ether oxygens (including phenoxy) is 2. The van der Waals surface area contributed by atoms with Crippen LogP contribution >= 0.6 is 0 Å². The fourth-order valence-corrected chi connectivity index (χ4v) is 6.58. The SMILES string of the molecule is CCC1(CC)c2cc(C(N)=O)ccc2C[C@H](OC)[C@@H]1NCC[C@@H](CC1CCCCC1)C(=O)OC. The number of hydrogen-bond acceptors (Lipinski definition) is 5. The second kappa shape index (κ2) is 12.2. The van der Waals surface area contributed by atoms with Gasteiger partial charge < -0.3 is 20.5 Å². The molecule has 0 radical (unpaired) electrons. The summed E-state index contributed by atoms with van der Waals surface area (Å²) in [5.41, 5.74) is 8.42. The fraction of sp³-hybridized carbons (Fsp3) is 0.714. The minimum Gasteiger partial charge on any atom is -0.469 e. The quantitative estimate of drug-likeness (QED) is 0.462. The van der Waals surface area contributed by atoms with Crippen LogP contribution in [0.15, 0.2) is 18.2 Å². The zero-order chi connectivity index (χ0) is 24.7. The summed E-state index contributed by atoms with van der Waals surface area (Å²) in [5.74, 6) is 0.0687. The maximum atomic E-state index is 12.6. The third-order valence-corrected chi connectivity index (χ3v) is 8.62. The molecule has 3 rings (SSSR count). The molecule has 1 fully saturated rings. The molecule has 3 atom stereocenters. The maximum Gasteiger partial charge on any atom is 0.308 e. The molecule has 0 heterocycles. The Morgan fingerprint density at radius 2 is 1.85 bits per heavy atom. The standard InChI is InChI=1S/C28H44N2O4/c1-5-28(6-2)23-17-21(26(29)31)13-12-20(23)18-24(33-3)25(28)30-15-14-22(27(32)34-4)16-19-10-8-7-9-11-19/h12-13,17,19,22,24-25,30H,5-11,14-16,18H2,1-4H3,(H2,29,31)/t22-,24-,25-/m0/s1. The highest BCUT2D eigenvalue weighted by atomic mass is 16.5. The zero-order valence-corrected chi connectivity index (χ0v) is 21.5. The minimum absolute atomic E-state index is 0.0155. The van der Waals surface area contributed by atoms with Gasteiger partial charge in [0.1, 0.15) is 0 Å². The second-order valence-corrected chi connectivity index (χ2v) is 10.3. The van der Waals surface area contributed by atoms with Crippen molar-refractivity contribution in [2.24, 2.45) is 17.6 Å². The van der Waals surface area contributed by atoms with Crippen molar-refractivity contribution in [3.63, 3.8) is 0 Å². The van der Waals surface area contributed by atoms with E-state index >= 15 is 0 Å². The first-order valence-electron chi connectivity index (χ1n) is 13.2. The van der Waals surface area contributed by atoms with Gasteiger partial charge in [-0.25, -0.2) is 0 Å². The molecule has 1 saturated carbocycles. The average molecular weight is 473 g/mol. The first-order valence-corrected chi connectivity index (χ1v) is 13.2. The van der Waals surface area contributed by atoms with E-state index < -0.39 is 5.91 Å². The van der Waals surface area contributed by atoms with Crippen molar-refractivity contribution in [1.29, 1.82) is 0 Å². The van der Waals surface area contributed by atoms with Crippen LogP contribution in [0.1, 0.15) is 93.1 Å². The molecular weight excluding hydrogens is 428 g/mol. The smallest absolute Gasteiger partial charge is 0.308 e. The molecule has 0 aliphatic heterocycles. The van der Waals surface area contributed by atoms with E-state index in [2.05, 4.69) is 19.2 Å². The second-order valence-electron chi connectivity index (χ2n) is 10.3. The molecule has 0 aromatic heterocycles. The van der Waals surface area contributed by atoms with Crippen molar-refractivity contribution < 1.29 is 19.1 Å². The van der Waals surface area contributed by atoms with Crippen molar-refractivity contribution in [3.8, 4) is 0 Å². The van der Waals surface area contributed by atoms with Crippen LogP contribution < -0.4 is 11.1 Å². The van der Waals surface area contributed by atoms with E-state index in [0.717, 1.165) is 38.6 Å². The van der Waals surface area contributed by atoms with Gasteiger partial charge in [-0.1, -0.05) is 52.0 Å². The van der Waals surface area contributed by atoms with Crippen molar-refractivity contribution >= 4 is 11.9 Å². The molecular formula is C28H44N2O4. The topological polar surface area (TPSA) is 90.7 Å². The lowest BCUT2D eigenvalue weighted by molar-refractivity contribution is -0.146. The van der Waals surface area contributed by atoms with Gasteiger partial charge in [0.05, 0.1) is 19.1 Å². The molecule has 0 saturated heterocycles. The summed E-state index contributed by atoms with van der Waals surface area (Å²) in [6.07, 6.45) is 10.6. The number of esters is 1. The predicted octanol–water partition coefficient (Wildman–Crippen LogP) is 4.52.